The minimum absolute atomic E-state index is 0.0595. The minimum atomic E-state index is -0.650. The number of benzene rings is 1. The molecule has 2 N–H and O–H groups in total. The topological polar surface area (TPSA) is 118 Å². The lowest BCUT2D eigenvalue weighted by Crippen LogP contribution is -2.22. The van der Waals surface area contributed by atoms with Crippen LogP contribution in [0.4, 0.5) is 4.39 Å². The fourth-order valence-corrected chi connectivity index (χ4v) is 2.64. The van der Waals surface area contributed by atoms with E-state index in [-0.39, 0.29) is 28.3 Å². The number of halogens is 2. The number of fused-ring (bicyclic) bond motifs is 1. The first-order valence-electron chi connectivity index (χ1n) is 6.93. The molecular formula is C15H7BrFN5O3. The number of rotatable bonds is 2. The summed E-state index contributed by atoms with van der Waals surface area (Å²) < 4.78 is 19.7. The number of H-pyrrole nitrogens is 2. The Labute approximate surface area is 145 Å². The number of nitrogens with one attached hydrogen (secondary N) is 2. The highest BCUT2D eigenvalue weighted by molar-refractivity contribution is 9.10. The Morgan fingerprint density at radius 3 is 2.84 bits per heavy atom. The van der Waals surface area contributed by atoms with Crippen LogP contribution in [0, 0.1) is 5.82 Å². The number of aromatic amines is 2. The van der Waals surface area contributed by atoms with Gasteiger partial charge in [-0.1, -0.05) is 21.1 Å². The van der Waals surface area contributed by atoms with Gasteiger partial charge in [-0.2, -0.15) is 4.98 Å². The number of hydrogen-bond acceptors (Lipinski definition) is 6. The van der Waals surface area contributed by atoms with Crippen LogP contribution in [-0.4, -0.2) is 25.1 Å². The number of hydrogen-bond donors (Lipinski definition) is 2. The van der Waals surface area contributed by atoms with Crippen molar-refractivity contribution < 1.29 is 8.91 Å². The maximum Gasteiger partial charge on any atom is 0.327 e. The van der Waals surface area contributed by atoms with Gasteiger partial charge in [-0.25, -0.2) is 14.2 Å². The second-order valence-corrected chi connectivity index (χ2v) is 5.99. The van der Waals surface area contributed by atoms with E-state index in [2.05, 4.69) is 41.0 Å². The van der Waals surface area contributed by atoms with E-state index >= 15 is 0 Å². The van der Waals surface area contributed by atoms with E-state index in [0.717, 1.165) is 0 Å². The highest BCUT2D eigenvalue weighted by Crippen LogP contribution is 2.26. The maximum atomic E-state index is 13.9. The van der Waals surface area contributed by atoms with Crippen LogP contribution in [0.2, 0.25) is 0 Å². The minimum Gasteiger partial charge on any atom is -0.334 e. The molecule has 0 saturated heterocycles. The zero-order valence-electron chi connectivity index (χ0n) is 12.2. The Bertz CT molecular complexity index is 1230. The standard InChI is InChI=1S/C15H7BrFN5O3/c16-7-1-2-10(17)8(4-7)12-19-14(25-22-12)6-3-9-11(18-5-6)20-15(24)21-13(9)23/h1-5H,(H2,18,20,21,23,24). The number of aromatic nitrogens is 5. The summed E-state index contributed by atoms with van der Waals surface area (Å²) in [6, 6.07) is 5.81. The molecule has 0 aliphatic rings. The first-order chi connectivity index (χ1) is 12.0. The summed E-state index contributed by atoms with van der Waals surface area (Å²) in [6.45, 7) is 0. The second kappa shape index (κ2) is 5.74. The van der Waals surface area contributed by atoms with E-state index in [1.807, 2.05) is 0 Å². The van der Waals surface area contributed by atoms with Crippen molar-refractivity contribution in [3.63, 3.8) is 0 Å². The molecule has 25 heavy (non-hydrogen) atoms. The zero-order chi connectivity index (χ0) is 17.6. The monoisotopic (exact) mass is 403 g/mol. The van der Waals surface area contributed by atoms with Gasteiger partial charge in [-0.05, 0) is 24.3 Å². The maximum absolute atomic E-state index is 13.9. The van der Waals surface area contributed by atoms with E-state index < -0.39 is 17.1 Å². The lowest BCUT2D eigenvalue weighted by molar-refractivity contribution is 0.432. The van der Waals surface area contributed by atoms with Gasteiger partial charge < -0.3 is 4.52 Å². The summed E-state index contributed by atoms with van der Waals surface area (Å²) in [5, 5.41) is 3.92. The molecule has 0 fully saturated rings. The summed E-state index contributed by atoms with van der Waals surface area (Å²) in [4.78, 5) is 35.8. The first kappa shape index (κ1) is 15.4. The van der Waals surface area contributed by atoms with E-state index in [4.69, 9.17) is 4.52 Å². The van der Waals surface area contributed by atoms with Crippen LogP contribution < -0.4 is 11.2 Å². The van der Waals surface area contributed by atoms with Crippen LogP contribution in [0.1, 0.15) is 0 Å². The Balaban J connectivity index is 1.82. The second-order valence-electron chi connectivity index (χ2n) is 5.08. The van der Waals surface area contributed by atoms with E-state index in [1.165, 1.54) is 24.4 Å². The smallest absolute Gasteiger partial charge is 0.327 e. The Hall–Kier alpha value is -3.14. The van der Waals surface area contributed by atoms with Crippen LogP contribution in [0.5, 0.6) is 0 Å². The van der Waals surface area contributed by atoms with Crippen molar-refractivity contribution in [1.82, 2.24) is 25.1 Å². The summed E-state index contributed by atoms with van der Waals surface area (Å²) in [6.07, 6.45) is 1.37. The molecule has 1 aromatic carbocycles. The van der Waals surface area contributed by atoms with Gasteiger partial charge in [0.2, 0.25) is 5.82 Å². The molecular weight excluding hydrogens is 397 g/mol. The highest BCUT2D eigenvalue weighted by atomic mass is 79.9. The van der Waals surface area contributed by atoms with Gasteiger partial charge in [0, 0.05) is 10.7 Å². The van der Waals surface area contributed by atoms with Crippen LogP contribution >= 0.6 is 15.9 Å². The molecule has 8 nitrogen and oxygen atoms in total. The quantitative estimate of drug-likeness (QED) is 0.529. The summed E-state index contributed by atoms with van der Waals surface area (Å²) >= 11 is 3.26. The Morgan fingerprint density at radius 2 is 2.00 bits per heavy atom. The van der Waals surface area contributed by atoms with Crippen molar-refractivity contribution in [2.45, 2.75) is 0 Å². The normalized spacial score (nSPS) is 11.1. The molecule has 0 bridgehead atoms. The molecule has 10 heteroatoms. The third-order valence-corrected chi connectivity index (χ3v) is 3.93. The van der Waals surface area contributed by atoms with Crippen molar-refractivity contribution in [2.24, 2.45) is 0 Å². The molecule has 0 atom stereocenters. The van der Waals surface area contributed by atoms with E-state index in [0.29, 0.717) is 10.0 Å². The predicted octanol–water partition coefficient (Wildman–Crippen LogP) is 2.23. The molecule has 0 spiro atoms. The fraction of sp³-hybridized carbons (Fsp3) is 0. The summed E-state index contributed by atoms with van der Waals surface area (Å²) in [7, 11) is 0. The van der Waals surface area contributed by atoms with Crippen molar-refractivity contribution in [2.75, 3.05) is 0 Å². The molecule has 0 aliphatic carbocycles. The molecule has 0 amide bonds. The van der Waals surface area contributed by atoms with Crippen LogP contribution in [0.3, 0.4) is 0 Å². The highest BCUT2D eigenvalue weighted by Gasteiger charge is 2.16. The summed E-state index contributed by atoms with van der Waals surface area (Å²) in [5.41, 5.74) is -0.580. The van der Waals surface area contributed by atoms with Crippen LogP contribution in [-0.2, 0) is 0 Å². The van der Waals surface area contributed by atoms with Crippen LogP contribution in [0.15, 0.2) is 49.0 Å². The largest absolute Gasteiger partial charge is 0.334 e. The number of pyridine rings is 1. The summed E-state index contributed by atoms with van der Waals surface area (Å²) in [5.74, 6) is -0.375. The average Bonchev–Trinajstić information content (AvgIpc) is 3.06. The predicted molar refractivity (Wildman–Crippen MR) is 89.4 cm³/mol. The SMILES string of the molecule is O=c1[nH]c(=O)c2cc(-c3nc(-c4cc(Br)ccc4F)no3)cnc2[nH]1. The first-order valence-corrected chi connectivity index (χ1v) is 7.72. The molecule has 4 aromatic rings. The molecule has 4 rings (SSSR count). The number of nitrogens with zero attached hydrogens (tertiary/aromatic N) is 3. The lowest BCUT2D eigenvalue weighted by Gasteiger charge is -1.98. The van der Waals surface area contributed by atoms with Gasteiger partial charge in [-0.3, -0.25) is 14.8 Å². The van der Waals surface area contributed by atoms with Gasteiger partial charge in [0.05, 0.1) is 16.5 Å². The Kier molecular flexibility index (Phi) is 3.53. The van der Waals surface area contributed by atoms with E-state index in [9.17, 15) is 14.0 Å². The molecule has 0 saturated carbocycles. The molecule has 0 radical (unpaired) electrons. The lowest BCUT2D eigenvalue weighted by atomic mass is 10.2. The van der Waals surface area contributed by atoms with Gasteiger partial charge in [0.1, 0.15) is 11.5 Å². The molecule has 0 aliphatic heterocycles. The van der Waals surface area contributed by atoms with Crippen molar-refractivity contribution in [3.05, 3.63) is 61.6 Å². The van der Waals surface area contributed by atoms with E-state index in [1.54, 1.807) is 6.07 Å². The van der Waals surface area contributed by atoms with Crippen molar-refractivity contribution in [1.29, 1.82) is 0 Å². The van der Waals surface area contributed by atoms with Crippen molar-refractivity contribution in [3.8, 4) is 22.8 Å². The third-order valence-electron chi connectivity index (χ3n) is 3.43. The van der Waals surface area contributed by atoms with Gasteiger partial charge >= 0.3 is 5.69 Å². The third kappa shape index (κ3) is 2.76. The van der Waals surface area contributed by atoms with Crippen molar-refractivity contribution >= 4 is 27.0 Å². The average molecular weight is 404 g/mol. The van der Waals surface area contributed by atoms with Crippen LogP contribution in [0.25, 0.3) is 33.9 Å². The molecule has 0 unspecified atom stereocenters. The Morgan fingerprint density at radius 1 is 1.16 bits per heavy atom. The zero-order valence-corrected chi connectivity index (χ0v) is 13.8. The van der Waals surface area contributed by atoms with Gasteiger partial charge in [0.25, 0.3) is 11.4 Å². The fourth-order valence-electron chi connectivity index (χ4n) is 2.28. The molecule has 124 valence electrons. The molecule has 3 aromatic heterocycles. The van der Waals surface area contributed by atoms with Gasteiger partial charge in [0.15, 0.2) is 0 Å². The van der Waals surface area contributed by atoms with Gasteiger partial charge in [-0.15, -0.1) is 0 Å². The molecule has 3 heterocycles.